The molecule has 0 aromatic rings. The second-order valence-electron chi connectivity index (χ2n) is 5.94. The minimum Gasteiger partial charge on any atom is -0.398 e. The molecule has 0 fully saturated rings. The smallest absolute Gasteiger partial charge is 0.0349 e. The molecule has 22 heavy (non-hydrogen) atoms. The van der Waals surface area contributed by atoms with E-state index in [0.29, 0.717) is 0 Å². The average molecular weight is 304 g/mol. The number of nitrogens with two attached hydrogens (primary N) is 1. The molecule has 0 unspecified atom stereocenters. The molecule has 0 aliphatic carbocycles. The van der Waals surface area contributed by atoms with Crippen LogP contribution in [0.5, 0.6) is 0 Å². The maximum atomic E-state index is 6.41. The summed E-state index contributed by atoms with van der Waals surface area (Å²) >= 11 is 0. The molecule has 0 bridgehead atoms. The van der Waals surface area contributed by atoms with Gasteiger partial charge in [-0.15, -0.1) is 0 Å². The van der Waals surface area contributed by atoms with Crippen LogP contribution in [0, 0.1) is 0 Å². The van der Waals surface area contributed by atoms with E-state index in [9.17, 15) is 0 Å². The summed E-state index contributed by atoms with van der Waals surface area (Å²) in [5.74, 6) is 0. The molecule has 0 radical (unpaired) electrons. The first kappa shape index (κ1) is 20.8. The molecular formula is C21H37N. The Bertz CT molecular complexity index is 368. The van der Waals surface area contributed by atoms with Crippen LogP contribution >= 0.6 is 0 Å². The van der Waals surface area contributed by atoms with Gasteiger partial charge in [-0.05, 0) is 43.8 Å². The van der Waals surface area contributed by atoms with Gasteiger partial charge in [-0.25, -0.2) is 0 Å². The molecule has 0 aromatic heterocycles. The van der Waals surface area contributed by atoms with Gasteiger partial charge in [0.15, 0.2) is 0 Å². The third-order valence-electron chi connectivity index (χ3n) is 3.69. The summed E-state index contributed by atoms with van der Waals surface area (Å²) in [6.07, 6.45) is 18.3. The number of allylic oxidation sites excluding steroid dienone is 6. The average Bonchev–Trinajstić information content (AvgIpc) is 2.53. The van der Waals surface area contributed by atoms with Gasteiger partial charge >= 0.3 is 0 Å². The predicted octanol–water partition coefficient (Wildman–Crippen LogP) is 6.83. The molecule has 0 atom stereocenters. The van der Waals surface area contributed by atoms with E-state index >= 15 is 0 Å². The number of hydrogen-bond acceptors (Lipinski definition) is 1. The van der Waals surface area contributed by atoms with Crippen molar-refractivity contribution in [2.75, 3.05) is 0 Å². The van der Waals surface area contributed by atoms with Crippen molar-refractivity contribution in [3.05, 3.63) is 46.7 Å². The molecule has 0 aromatic carbocycles. The predicted molar refractivity (Wildman–Crippen MR) is 102 cm³/mol. The lowest BCUT2D eigenvalue weighted by Gasteiger charge is -2.15. The highest BCUT2D eigenvalue weighted by Crippen LogP contribution is 2.26. The molecule has 0 aliphatic rings. The molecule has 0 spiro atoms. The highest BCUT2D eigenvalue weighted by molar-refractivity contribution is 5.54. The topological polar surface area (TPSA) is 26.0 Å². The van der Waals surface area contributed by atoms with Crippen LogP contribution in [0.15, 0.2) is 46.7 Å². The van der Waals surface area contributed by atoms with Gasteiger partial charge in [0.25, 0.3) is 0 Å². The first-order chi connectivity index (χ1) is 10.6. The van der Waals surface area contributed by atoms with Crippen LogP contribution in [0.25, 0.3) is 0 Å². The fourth-order valence-corrected chi connectivity index (χ4v) is 2.32. The highest BCUT2D eigenvalue weighted by atomic mass is 14.6. The Morgan fingerprint density at radius 1 is 0.636 bits per heavy atom. The van der Waals surface area contributed by atoms with Gasteiger partial charge in [0.1, 0.15) is 0 Å². The van der Waals surface area contributed by atoms with Crippen molar-refractivity contribution in [3.8, 4) is 0 Å². The summed E-state index contributed by atoms with van der Waals surface area (Å²) in [7, 11) is 0. The third-order valence-corrected chi connectivity index (χ3v) is 3.69. The van der Waals surface area contributed by atoms with Crippen LogP contribution in [-0.4, -0.2) is 0 Å². The summed E-state index contributed by atoms with van der Waals surface area (Å²) in [5, 5.41) is 0. The van der Waals surface area contributed by atoms with Gasteiger partial charge in [0.2, 0.25) is 0 Å². The van der Waals surface area contributed by atoms with Crippen molar-refractivity contribution >= 4 is 0 Å². The summed E-state index contributed by atoms with van der Waals surface area (Å²) in [5.41, 5.74) is 11.3. The molecule has 2 N–H and O–H groups in total. The zero-order valence-corrected chi connectivity index (χ0v) is 15.5. The largest absolute Gasteiger partial charge is 0.398 e. The van der Waals surface area contributed by atoms with Crippen LogP contribution in [-0.2, 0) is 0 Å². The maximum absolute atomic E-state index is 6.41. The molecule has 0 amide bonds. The van der Waals surface area contributed by atoms with E-state index in [1.54, 1.807) is 0 Å². The van der Waals surface area contributed by atoms with E-state index < -0.39 is 0 Å². The number of rotatable bonds is 11. The minimum atomic E-state index is 0.946. The zero-order chi connectivity index (χ0) is 16.8. The lowest BCUT2D eigenvalue weighted by molar-refractivity contribution is 0.924. The second-order valence-corrected chi connectivity index (χ2v) is 5.94. The Kier molecular flexibility index (Phi) is 12.7. The highest BCUT2D eigenvalue weighted by Gasteiger charge is 2.09. The quantitative estimate of drug-likeness (QED) is 0.416. The Morgan fingerprint density at radius 3 is 1.55 bits per heavy atom. The molecule has 0 rings (SSSR count). The normalized spacial score (nSPS) is 14.6. The van der Waals surface area contributed by atoms with E-state index in [1.807, 2.05) is 0 Å². The van der Waals surface area contributed by atoms with Crippen LogP contribution in [0.2, 0.25) is 0 Å². The van der Waals surface area contributed by atoms with Crippen molar-refractivity contribution in [3.63, 3.8) is 0 Å². The third kappa shape index (κ3) is 8.26. The standard InChI is InChI=1S/C21H37N/c1-6-10-14-18(5)19(15-11-7-2)20(16-12-8-3)21(22)17-13-9-4/h14-17H,6-13,22H2,1-5H3. The molecule has 0 heterocycles. The van der Waals surface area contributed by atoms with Crippen molar-refractivity contribution in [1.82, 2.24) is 0 Å². The van der Waals surface area contributed by atoms with Gasteiger partial charge in [0.05, 0.1) is 0 Å². The fraction of sp³-hybridized carbons (Fsp3) is 0.619. The summed E-state index contributed by atoms with van der Waals surface area (Å²) in [6, 6.07) is 0. The lowest BCUT2D eigenvalue weighted by Crippen LogP contribution is -2.06. The molecule has 0 saturated carbocycles. The Morgan fingerprint density at radius 2 is 1.05 bits per heavy atom. The van der Waals surface area contributed by atoms with Crippen molar-refractivity contribution in [1.29, 1.82) is 0 Å². The number of unbranched alkanes of at least 4 members (excludes halogenated alkanes) is 4. The van der Waals surface area contributed by atoms with Crippen molar-refractivity contribution in [2.45, 2.75) is 86.0 Å². The maximum Gasteiger partial charge on any atom is 0.0349 e. The monoisotopic (exact) mass is 303 g/mol. The Labute approximate surface area is 139 Å². The van der Waals surface area contributed by atoms with Crippen LogP contribution in [0.3, 0.4) is 0 Å². The molecule has 1 nitrogen and oxygen atoms in total. The minimum absolute atomic E-state index is 0.946. The van der Waals surface area contributed by atoms with Gasteiger partial charge in [0, 0.05) is 11.3 Å². The van der Waals surface area contributed by atoms with Crippen LogP contribution in [0.1, 0.15) is 86.0 Å². The molecule has 0 aliphatic heterocycles. The van der Waals surface area contributed by atoms with Crippen molar-refractivity contribution in [2.24, 2.45) is 5.73 Å². The van der Waals surface area contributed by atoms with Gasteiger partial charge < -0.3 is 5.73 Å². The molecule has 126 valence electrons. The first-order valence-electron chi connectivity index (χ1n) is 9.15. The lowest BCUT2D eigenvalue weighted by atomic mass is 9.92. The van der Waals surface area contributed by atoms with Crippen molar-refractivity contribution < 1.29 is 0 Å². The van der Waals surface area contributed by atoms with E-state index in [4.69, 9.17) is 5.73 Å². The first-order valence-corrected chi connectivity index (χ1v) is 9.15. The SMILES string of the molecule is CCCC=C(C)C(=CCCC)C(=CCCC)C(N)=CCCC. The molecular weight excluding hydrogens is 266 g/mol. The molecule has 0 saturated heterocycles. The summed E-state index contributed by atoms with van der Waals surface area (Å²) < 4.78 is 0. The van der Waals surface area contributed by atoms with Gasteiger partial charge in [-0.3, -0.25) is 0 Å². The molecule has 1 heteroatoms. The van der Waals surface area contributed by atoms with E-state index in [2.05, 4.69) is 58.9 Å². The van der Waals surface area contributed by atoms with E-state index in [-0.39, 0.29) is 0 Å². The van der Waals surface area contributed by atoms with Crippen LogP contribution < -0.4 is 5.73 Å². The second kappa shape index (κ2) is 13.4. The zero-order valence-electron chi connectivity index (χ0n) is 15.5. The number of hydrogen-bond donors (Lipinski definition) is 1. The van der Waals surface area contributed by atoms with Crippen LogP contribution in [0.4, 0.5) is 0 Å². The van der Waals surface area contributed by atoms with E-state index in [0.717, 1.165) is 44.2 Å². The Balaban J connectivity index is 5.64. The Hall–Kier alpha value is -1.24. The summed E-state index contributed by atoms with van der Waals surface area (Å²) in [6.45, 7) is 11.1. The summed E-state index contributed by atoms with van der Waals surface area (Å²) in [4.78, 5) is 0. The van der Waals surface area contributed by atoms with Gasteiger partial charge in [-0.2, -0.15) is 0 Å². The fourth-order valence-electron chi connectivity index (χ4n) is 2.32. The van der Waals surface area contributed by atoms with E-state index in [1.165, 1.54) is 29.6 Å². The van der Waals surface area contributed by atoms with Gasteiger partial charge in [-0.1, -0.05) is 77.7 Å².